The molecule has 0 aromatic rings. The SMILES string of the molecule is CC(=N)N1CCC(C)CC1C. The van der Waals surface area contributed by atoms with E-state index in [2.05, 4.69) is 18.7 Å². The monoisotopic (exact) mass is 154 g/mol. The largest absolute Gasteiger partial charge is 0.358 e. The Hall–Kier alpha value is -0.530. The minimum absolute atomic E-state index is 0.580. The van der Waals surface area contributed by atoms with Crippen molar-refractivity contribution >= 4 is 5.84 Å². The van der Waals surface area contributed by atoms with Crippen LogP contribution >= 0.6 is 0 Å². The van der Waals surface area contributed by atoms with Crippen LogP contribution in [0.3, 0.4) is 0 Å². The van der Waals surface area contributed by atoms with Gasteiger partial charge in [-0.3, -0.25) is 5.41 Å². The Bertz CT molecular complexity index is 154. The molecule has 1 fully saturated rings. The molecule has 0 aromatic carbocycles. The molecular weight excluding hydrogens is 136 g/mol. The molecule has 0 amide bonds. The molecule has 0 bridgehead atoms. The van der Waals surface area contributed by atoms with Gasteiger partial charge < -0.3 is 4.90 Å². The summed E-state index contributed by atoms with van der Waals surface area (Å²) < 4.78 is 0. The predicted molar refractivity (Wildman–Crippen MR) is 48.0 cm³/mol. The maximum absolute atomic E-state index is 7.51. The predicted octanol–water partition coefficient (Wildman–Crippen LogP) is 2.10. The van der Waals surface area contributed by atoms with Gasteiger partial charge in [0.15, 0.2) is 0 Å². The first-order valence-electron chi connectivity index (χ1n) is 4.43. The number of hydrogen-bond acceptors (Lipinski definition) is 1. The molecule has 0 aliphatic carbocycles. The maximum atomic E-state index is 7.51. The van der Waals surface area contributed by atoms with E-state index in [-0.39, 0.29) is 0 Å². The van der Waals surface area contributed by atoms with Crippen molar-refractivity contribution < 1.29 is 0 Å². The Morgan fingerprint density at radius 3 is 2.55 bits per heavy atom. The zero-order valence-corrected chi connectivity index (χ0v) is 7.72. The number of nitrogens with one attached hydrogen (secondary N) is 1. The molecule has 2 atom stereocenters. The summed E-state index contributed by atoms with van der Waals surface area (Å²) in [4.78, 5) is 2.19. The van der Waals surface area contributed by atoms with Gasteiger partial charge in [0.2, 0.25) is 0 Å². The summed E-state index contributed by atoms with van der Waals surface area (Å²) in [6.45, 7) is 7.48. The van der Waals surface area contributed by atoms with Crippen LogP contribution in [0.4, 0.5) is 0 Å². The van der Waals surface area contributed by atoms with Crippen LogP contribution in [0.25, 0.3) is 0 Å². The molecule has 11 heavy (non-hydrogen) atoms. The van der Waals surface area contributed by atoms with Crippen molar-refractivity contribution in [2.24, 2.45) is 5.92 Å². The van der Waals surface area contributed by atoms with Gasteiger partial charge in [0, 0.05) is 12.6 Å². The molecule has 2 nitrogen and oxygen atoms in total. The summed E-state index contributed by atoms with van der Waals surface area (Å²) in [5.41, 5.74) is 0. The molecule has 0 saturated carbocycles. The number of nitrogens with zero attached hydrogens (tertiary/aromatic N) is 1. The Morgan fingerprint density at radius 1 is 1.45 bits per heavy atom. The van der Waals surface area contributed by atoms with Gasteiger partial charge in [-0.2, -0.15) is 0 Å². The fraction of sp³-hybridized carbons (Fsp3) is 0.889. The third-order valence-corrected chi connectivity index (χ3v) is 2.57. The highest BCUT2D eigenvalue weighted by Crippen LogP contribution is 2.21. The van der Waals surface area contributed by atoms with E-state index in [1.54, 1.807) is 0 Å². The van der Waals surface area contributed by atoms with Crippen molar-refractivity contribution in [2.75, 3.05) is 6.54 Å². The number of hydrogen-bond donors (Lipinski definition) is 1. The van der Waals surface area contributed by atoms with Gasteiger partial charge >= 0.3 is 0 Å². The summed E-state index contributed by atoms with van der Waals surface area (Å²) >= 11 is 0. The van der Waals surface area contributed by atoms with Crippen LogP contribution < -0.4 is 0 Å². The Morgan fingerprint density at radius 2 is 2.09 bits per heavy atom. The summed E-state index contributed by atoms with van der Waals surface area (Å²) in [5, 5.41) is 7.51. The molecule has 1 N–H and O–H groups in total. The van der Waals surface area contributed by atoms with E-state index >= 15 is 0 Å². The maximum Gasteiger partial charge on any atom is 0.0928 e. The first-order chi connectivity index (χ1) is 5.11. The Labute approximate surface area is 69.1 Å². The molecule has 0 radical (unpaired) electrons. The van der Waals surface area contributed by atoms with E-state index in [0.717, 1.165) is 18.3 Å². The normalized spacial score (nSPS) is 32.1. The standard InChI is InChI=1S/C9H18N2/c1-7-4-5-11(9(3)10)8(2)6-7/h7-8,10H,4-6H2,1-3H3. The topological polar surface area (TPSA) is 27.1 Å². The van der Waals surface area contributed by atoms with Crippen molar-refractivity contribution in [3.05, 3.63) is 0 Å². The van der Waals surface area contributed by atoms with Gasteiger partial charge in [0.1, 0.15) is 0 Å². The van der Waals surface area contributed by atoms with Gasteiger partial charge in [-0.05, 0) is 32.6 Å². The van der Waals surface area contributed by atoms with Crippen molar-refractivity contribution in [1.82, 2.24) is 4.90 Å². The summed E-state index contributed by atoms with van der Waals surface area (Å²) in [7, 11) is 0. The molecular formula is C9H18N2. The zero-order valence-electron chi connectivity index (χ0n) is 7.72. The molecule has 1 aliphatic rings. The van der Waals surface area contributed by atoms with E-state index in [9.17, 15) is 0 Å². The van der Waals surface area contributed by atoms with Crippen LogP contribution in [0.15, 0.2) is 0 Å². The van der Waals surface area contributed by atoms with Crippen LogP contribution in [-0.2, 0) is 0 Å². The van der Waals surface area contributed by atoms with Crippen molar-refractivity contribution in [3.8, 4) is 0 Å². The highest BCUT2D eigenvalue weighted by molar-refractivity contribution is 5.76. The molecule has 1 saturated heterocycles. The molecule has 2 unspecified atom stereocenters. The number of piperidine rings is 1. The first kappa shape index (κ1) is 8.57. The number of amidine groups is 1. The second-order valence-electron chi connectivity index (χ2n) is 3.76. The molecule has 0 spiro atoms. The number of rotatable bonds is 0. The lowest BCUT2D eigenvalue weighted by Crippen LogP contribution is -2.42. The minimum Gasteiger partial charge on any atom is -0.358 e. The van der Waals surface area contributed by atoms with Crippen LogP contribution in [0.2, 0.25) is 0 Å². The zero-order chi connectivity index (χ0) is 8.43. The number of likely N-dealkylation sites (tertiary alicyclic amines) is 1. The van der Waals surface area contributed by atoms with Crippen molar-refractivity contribution in [3.63, 3.8) is 0 Å². The molecule has 0 aromatic heterocycles. The van der Waals surface area contributed by atoms with Crippen molar-refractivity contribution in [1.29, 1.82) is 5.41 Å². The molecule has 1 heterocycles. The summed E-state index contributed by atoms with van der Waals surface area (Å²) in [6, 6.07) is 0.580. The van der Waals surface area contributed by atoms with Crippen LogP contribution in [0, 0.1) is 11.3 Å². The third kappa shape index (κ3) is 1.95. The second-order valence-corrected chi connectivity index (χ2v) is 3.76. The van der Waals surface area contributed by atoms with E-state index in [1.807, 2.05) is 6.92 Å². The molecule has 64 valence electrons. The Kier molecular flexibility index (Phi) is 2.53. The van der Waals surface area contributed by atoms with Gasteiger partial charge in [-0.25, -0.2) is 0 Å². The average Bonchev–Trinajstić information content (AvgIpc) is 1.85. The van der Waals surface area contributed by atoms with Gasteiger partial charge in [-0.15, -0.1) is 0 Å². The fourth-order valence-corrected chi connectivity index (χ4v) is 1.91. The van der Waals surface area contributed by atoms with Gasteiger partial charge in [0.25, 0.3) is 0 Å². The van der Waals surface area contributed by atoms with E-state index in [1.165, 1.54) is 12.8 Å². The Balaban J connectivity index is 2.50. The van der Waals surface area contributed by atoms with E-state index < -0.39 is 0 Å². The van der Waals surface area contributed by atoms with Crippen LogP contribution in [0.5, 0.6) is 0 Å². The smallest absolute Gasteiger partial charge is 0.0928 e. The van der Waals surface area contributed by atoms with E-state index in [0.29, 0.717) is 6.04 Å². The second kappa shape index (κ2) is 3.24. The molecule has 2 heteroatoms. The highest BCUT2D eigenvalue weighted by Gasteiger charge is 2.22. The minimum atomic E-state index is 0.580. The quantitative estimate of drug-likeness (QED) is 0.420. The van der Waals surface area contributed by atoms with Crippen LogP contribution in [-0.4, -0.2) is 23.3 Å². The first-order valence-corrected chi connectivity index (χ1v) is 4.43. The highest BCUT2D eigenvalue weighted by atomic mass is 15.2. The van der Waals surface area contributed by atoms with Gasteiger partial charge in [-0.1, -0.05) is 6.92 Å². The average molecular weight is 154 g/mol. The third-order valence-electron chi connectivity index (χ3n) is 2.57. The summed E-state index contributed by atoms with van der Waals surface area (Å²) in [5.74, 6) is 1.57. The molecule has 1 aliphatic heterocycles. The van der Waals surface area contributed by atoms with Gasteiger partial charge in [0.05, 0.1) is 5.84 Å². The van der Waals surface area contributed by atoms with Crippen LogP contribution in [0.1, 0.15) is 33.6 Å². The van der Waals surface area contributed by atoms with Crippen molar-refractivity contribution in [2.45, 2.75) is 39.7 Å². The molecule has 1 rings (SSSR count). The lowest BCUT2D eigenvalue weighted by Gasteiger charge is -2.37. The lowest BCUT2D eigenvalue weighted by atomic mass is 9.93. The van der Waals surface area contributed by atoms with E-state index in [4.69, 9.17) is 5.41 Å². The lowest BCUT2D eigenvalue weighted by molar-refractivity contribution is 0.207. The summed E-state index contributed by atoms with van der Waals surface area (Å²) in [6.07, 6.45) is 2.50. The fourth-order valence-electron chi connectivity index (χ4n) is 1.91.